The second-order valence-electron chi connectivity index (χ2n) is 3.08. The molecule has 0 unspecified atom stereocenters. The lowest BCUT2D eigenvalue weighted by Gasteiger charge is -2.08. The van der Waals surface area contributed by atoms with E-state index < -0.39 is 0 Å². The first kappa shape index (κ1) is 12.4. The van der Waals surface area contributed by atoms with Crippen LogP contribution in [-0.2, 0) is 0 Å². The molecule has 0 fully saturated rings. The van der Waals surface area contributed by atoms with Crippen molar-refractivity contribution in [3.05, 3.63) is 49.2 Å². The summed E-state index contributed by atoms with van der Waals surface area (Å²) in [7, 11) is 0. The Hall–Kier alpha value is -0.0300. The smallest absolute Gasteiger partial charge is 0.0784 e. The van der Waals surface area contributed by atoms with Crippen LogP contribution in [0.15, 0.2) is 30.6 Å². The third kappa shape index (κ3) is 2.30. The highest BCUT2D eigenvalue weighted by Crippen LogP contribution is 2.38. The van der Waals surface area contributed by atoms with E-state index >= 15 is 0 Å². The molecule has 1 aromatic heterocycles. The number of nitrogens with zero attached hydrogens (tertiary/aromatic N) is 1. The quantitative estimate of drug-likeness (QED) is 0.479. The zero-order valence-corrected chi connectivity index (χ0v) is 12.3. The van der Waals surface area contributed by atoms with Crippen LogP contribution in [0.3, 0.4) is 0 Å². The van der Waals surface area contributed by atoms with Crippen molar-refractivity contribution in [2.45, 2.75) is 0 Å². The van der Waals surface area contributed by atoms with Crippen LogP contribution in [0.25, 0.3) is 11.1 Å². The topological polar surface area (TPSA) is 12.9 Å². The number of hydrogen-bond donors (Lipinski definition) is 0. The third-order valence-electron chi connectivity index (χ3n) is 2.09. The summed E-state index contributed by atoms with van der Waals surface area (Å²) in [6.07, 6.45) is 3.49. The Labute approximate surface area is 122 Å². The monoisotopic (exact) mass is 383 g/mol. The molecule has 0 atom stereocenters. The first-order valence-corrected chi connectivity index (χ1v) is 6.56. The molecule has 5 heteroatoms. The Morgan fingerprint density at radius 1 is 0.938 bits per heavy atom. The van der Waals surface area contributed by atoms with Crippen molar-refractivity contribution in [3.63, 3.8) is 0 Å². The van der Waals surface area contributed by atoms with E-state index in [-0.39, 0.29) is 0 Å². The Morgan fingerprint density at radius 2 is 1.69 bits per heavy atom. The minimum Gasteiger partial charge on any atom is -0.264 e. The van der Waals surface area contributed by atoms with Gasteiger partial charge in [0.05, 0.1) is 15.1 Å². The van der Waals surface area contributed by atoms with Crippen LogP contribution in [0, 0.1) is 3.57 Å². The van der Waals surface area contributed by atoms with Gasteiger partial charge in [0.2, 0.25) is 0 Å². The summed E-state index contributed by atoms with van der Waals surface area (Å²) < 4.78 is 1.06. The van der Waals surface area contributed by atoms with Crippen molar-refractivity contribution in [2.24, 2.45) is 0 Å². The van der Waals surface area contributed by atoms with E-state index in [0.717, 1.165) is 14.7 Å². The molecule has 1 heterocycles. The molecule has 16 heavy (non-hydrogen) atoms. The number of hydrogen-bond acceptors (Lipinski definition) is 1. The highest BCUT2D eigenvalue weighted by atomic mass is 127. The average molecular weight is 384 g/mol. The molecule has 0 aliphatic heterocycles. The molecular formula is C11H5Cl3IN. The van der Waals surface area contributed by atoms with Gasteiger partial charge in [0.15, 0.2) is 0 Å². The van der Waals surface area contributed by atoms with Gasteiger partial charge in [-0.15, -0.1) is 0 Å². The van der Waals surface area contributed by atoms with Crippen LogP contribution < -0.4 is 0 Å². The van der Waals surface area contributed by atoms with Gasteiger partial charge in [-0.3, -0.25) is 4.98 Å². The number of pyridine rings is 1. The van der Waals surface area contributed by atoms with Gasteiger partial charge in [-0.05, 0) is 34.7 Å². The van der Waals surface area contributed by atoms with Gasteiger partial charge in [0.1, 0.15) is 0 Å². The number of rotatable bonds is 1. The molecule has 1 nitrogen and oxygen atoms in total. The fraction of sp³-hybridized carbons (Fsp3) is 0. The molecule has 2 rings (SSSR count). The molecule has 0 aliphatic carbocycles. The molecule has 82 valence electrons. The highest BCUT2D eigenvalue weighted by Gasteiger charge is 2.12. The summed E-state index contributed by atoms with van der Waals surface area (Å²) in [5.41, 5.74) is 1.79. The third-order valence-corrected chi connectivity index (χ3v) is 4.33. The van der Waals surface area contributed by atoms with E-state index in [1.807, 2.05) is 12.1 Å². The second-order valence-corrected chi connectivity index (χ2v) is 5.40. The molecule has 0 bridgehead atoms. The summed E-state index contributed by atoms with van der Waals surface area (Å²) >= 11 is 20.3. The molecule has 2 aromatic rings. The number of halogens is 4. The van der Waals surface area contributed by atoms with Crippen molar-refractivity contribution in [1.82, 2.24) is 4.98 Å². The minimum absolute atomic E-state index is 0.375. The Bertz CT molecular complexity index is 543. The summed E-state index contributed by atoms with van der Waals surface area (Å²) in [6.45, 7) is 0. The number of aromatic nitrogens is 1. The molecule has 0 amide bonds. The fourth-order valence-electron chi connectivity index (χ4n) is 1.31. The van der Waals surface area contributed by atoms with Crippen molar-refractivity contribution < 1.29 is 0 Å². The van der Waals surface area contributed by atoms with E-state index in [2.05, 4.69) is 27.6 Å². The maximum atomic E-state index is 6.16. The van der Waals surface area contributed by atoms with Gasteiger partial charge in [-0.1, -0.05) is 40.9 Å². The fourth-order valence-corrected chi connectivity index (χ4v) is 2.54. The summed E-state index contributed by atoms with van der Waals surface area (Å²) in [4.78, 5) is 4.08. The van der Waals surface area contributed by atoms with E-state index in [9.17, 15) is 0 Å². The van der Waals surface area contributed by atoms with Gasteiger partial charge < -0.3 is 0 Å². The molecule has 0 N–H and O–H groups in total. The van der Waals surface area contributed by atoms with Crippen LogP contribution >= 0.6 is 57.4 Å². The zero-order valence-electron chi connectivity index (χ0n) is 7.85. The van der Waals surface area contributed by atoms with Gasteiger partial charge in [0.25, 0.3) is 0 Å². The lowest BCUT2D eigenvalue weighted by atomic mass is 10.1. The van der Waals surface area contributed by atoms with Crippen molar-refractivity contribution in [3.8, 4) is 11.1 Å². The number of benzene rings is 1. The Morgan fingerprint density at radius 3 is 2.38 bits per heavy atom. The van der Waals surface area contributed by atoms with E-state index in [1.54, 1.807) is 18.5 Å². The van der Waals surface area contributed by atoms with E-state index in [1.165, 1.54) is 0 Å². The van der Waals surface area contributed by atoms with Crippen molar-refractivity contribution in [2.75, 3.05) is 0 Å². The molecule has 0 saturated carbocycles. The second kappa shape index (κ2) is 5.08. The first-order valence-electron chi connectivity index (χ1n) is 4.34. The van der Waals surface area contributed by atoms with Crippen LogP contribution in [0.1, 0.15) is 0 Å². The SMILES string of the molecule is Clc1ccc(-c2cnccc2I)c(Cl)c1Cl. The van der Waals surface area contributed by atoms with Crippen molar-refractivity contribution >= 4 is 57.4 Å². The lowest BCUT2D eigenvalue weighted by molar-refractivity contribution is 1.31. The van der Waals surface area contributed by atoms with Crippen molar-refractivity contribution in [1.29, 1.82) is 0 Å². The maximum Gasteiger partial charge on any atom is 0.0784 e. The van der Waals surface area contributed by atoms with E-state index in [4.69, 9.17) is 34.8 Å². The summed E-state index contributed by atoms with van der Waals surface area (Å²) in [5.74, 6) is 0. The Balaban J connectivity index is 2.66. The maximum absolute atomic E-state index is 6.16. The minimum atomic E-state index is 0.375. The Kier molecular flexibility index (Phi) is 3.95. The highest BCUT2D eigenvalue weighted by molar-refractivity contribution is 14.1. The normalized spacial score (nSPS) is 10.5. The van der Waals surface area contributed by atoms with Crippen LogP contribution in [-0.4, -0.2) is 4.98 Å². The summed E-state index contributed by atoms with van der Waals surface area (Å²) in [6, 6.07) is 5.48. The zero-order chi connectivity index (χ0) is 11.7. The molecule has 1 aromatic carbocycles. The van der Waals surface area contributed by atoms with Gasteiger partial charge in [-0.2, -0.15) is 0 Å². The van der Waals surface area contributed by atoms with E-state index in [0.29, 0.717) is 15.1 Å². The predicted octanol–water partition coefficient (Wildman–Crippen LogP) is 5.31. The first-order chi connectivity index (χ1) is 7.61. The van der Waals surface area contributed by atoms with Crippen LogP contribution in [0.2, 0.25) is 15.1 Å². The van der Waals surface area contributed by atoms with Crippen LogP contribution in [0.5, 0.6) is 0 Å². The standard InChI is InChI=1S/C11H5Cl3IN/c12-8-2-1-6(10(13)11(8)14)7-5-16-4-3-9(7)15/h1-5H. The molecule has 0 aliphatic rings. The van der Waals surface area contributed by atoms with Gasteiger partial charge >= 0.3 is 0 Å². The van der Waals surface area contributed by atoms with Crippen LogP contribution in [0.4, 0.5) is 0 Å². The summed E-state index contributed by atoms with van der Waals surface area (Å²) in [5, 5.41) is 1.29. The molecule has 0 saturated heterocycles. The lowest BCUT2D eigenvalue weighted by Crippen LogP contribution is -1.86. The predicted molar refractivity (Wildman–Crippen MR) is 77.4 cm³/mol. The molecular weight excluding hydrogens is 379 g/mol. The molecule has 0 spiro atoms. The van der Waals surface area contributed by atoms with Gasteiger partial charge in [0, 0.05) is 27.1 Å². The average Bonchev–Trinajstić information content (AvgIpc) is 2.28. The van der Waals surface area contributed by atoms with Gasteiger partial charge in [-0.25, -0.2) is 0 Å². The largest absolute Gasteiger partial charge is 0.264 e. The molecule has 0 radical (unpaired) electrons.